The molecule has 4 aliphatic rings. The topological polar surface area (TPSA) is 256 Å². The number of imide groups is 1. The van der Waals surface area contributed by atoms with Gasteiger partial charge in [0.15, 0.2) is 17.9 Å². The van der Waals surface area contributed by atoms with E-state index in [1.165, 1.54) is 32.2 Å². The molecule has 53 heavy (non-hydrogen) atoms. The van der Waals surface area contributed by atoms with E-state index in [1.54, 1.807) is 0 Å². The predicted octanol–water partition coefficient (Wildman–Crippen LogP) is -0.509. The smallest absolute Gasteiger partial charge is 0.253 e. The van der Waals surface area contributed by atoms with Crippen molar-refractivity contribution >= 4 is 35.1 Å². The van der Waals surface area contributed by atoms with Gasteiger partial charge in [-0.3, -0.25) is 33.7 Å². The minimum atomic E-state index is -2.35. The molecule has 2 aromatic carbocycles. The molecule has 0 radical (unpaired) electrons. The van der Waals surface area contributed by atoms with Crippen LogP contribution in [-0.4, -0.2) is 129 Å². The number of amides is 3. The lowest BCUT2D eigenvalue weighted by atomic mass is 9.72. The van der Waals surface area contributed by atoms with Crippen molar-refractivity contribution in [3.05, 3.63) is 63.7 Å². The number of benzene rings is 2. The largest absolute Gasteiger partial charge is 0.507 e. The molecule has 282 valence electrons. The highest BCUT2D eigenvalue weighted by Crippen LogP contribution is 2.52. The Morgan fingerprint density at radius 1 is 1.02 bits per heavy atom. The summed E-state index contributed by atoms with van der Waals surface area (Å²) in [7, 11) is 1.30. The molecule has 1 fully saturated rings. The maximum atomic E-state index is 13.9. The molecule has 3 amide bonds. The van der Waals surface area contributed by atoms with Crippen LogP contribution in [0.3, 0.4) is 0 Å². The Morgan fingerprint density at radius 3 is 2.40 bits per heavy atom. The highest BCUT2D eigenvalue weighted by atomic mass is 16.7. The van der Waals surface area contributed by atoms with Crippen LogP contribution >= 0.6 is 0 Å². The van der Waals surface area contributed by atoms with Gasteiger partial charge in [0.05, 0.1) is 61.8 Å². The second-order valence-electron chi connectivity index (χ2n) is 13.2. The van der Waals surface area contributed by atoms with E-state index in [4.69, 9.17) is 18.9 Å². The van der Waals surface area contributed by atoms with Crippen LogP contribution in [0, 0.1) is 0 Å². The summed E-state index contributed by atoms with van der Waals surface area (Å²) in [4.78, 5) is 77.6. The van der Waals surface area contributed by atoms with Crippen LogP contribution in [0.5, 0.6) is 17.2 Å². The number of Topliss-reactive ketones (excluding diaryl/α,β-unsaturated/α-hetero) is 1. The number of fused-ring (bicyclic) bond motifs is 3. The van der Waals surface area contributed by atoms with Gasteiger partial charge < -0.3 is 49.8 Å². The summed E-state index contributed by atoms with van der Waals surface area (Å²) in [5, 5.41) is 58.0. The van der Waals surface area contributed by atoms with E-state index in [9.17, 15) is 54.3 Å². The van der Waals surface area contributed by atoms with Crippen LogP contribution in [0.25, 0.3) is 0 Å². The summed E-state index contributed by atoms with van der Waals surface area (Å²) < 4.78 is 22.7. The van der Waals surface area contributed by atoms with Crippen molar-refractivity contribution in [3.8, 4) is 17.2 Å². The van der Waals surface area contributed by atoms with E-state index in [-0.39, 0.29) is 60.6 Å². The zero-order valence-corrected chi connectivity index (χ0v) is 28.7. The molecule has 1 saturated heterocycles. The molecule has 2 aromatic rings. The zero-order valence-electron chi connectivity index (χ0n) is 28.7. The van der Waals surface area contributed by atoms with E-state index in [0.29, 0.717) is 0 Å². The molecule has 0 aromatic heterocycles. The number of carbonyl (C=O) groups excluding carboxylic acids is 6. The SMILES string of the molecule is COc1cccc2c1C(=O)c1c(O)c3c(c(O)c1C2=O)C[C@@](O)(C(=O)CO)C[C@@H]3O[C@H]1C[C@H](NC(=O)CCOCCN2C(=O)C=CC2=O)[C@H](O)[C@H](C)O1. The number of hydrogen-bond donors (Lipinski definition) is 6. The van der Waals surface area contributed by atoms with Gasteiger partial charge >= 0.3 is 0 Å². The molecule has 17 heteroatoms. The van der Waals surface area contributed by atoms with Gasteiger partial charge in [-0.25, -0.2) is 0 Å². The summed E-state index contributed by atoms with van der Waals surface area (Å²) in [6.45, 7) is 0.359. The lowest BCUT2D eigenvalue weighted by Gasteiger charge is -2.43. The van der Waals surface area contributed by atoms with E-state index >= 15 is 0 Å². The second kappa shape index (κ2) is 14.8. The van der Waals surface area contributed by atoms with Gasteiger partial charge in [0, 0.05) is 54.5 Å². The average Bonchev–Trinajstić information content (AvgIpc) is 3.45. The molecule has 6 rings (SSSR count). The molecule has 6 atom stereocenters. The van der Waals surface area contributed by atoms with Crippen LogP contribution in [0.15, 0.2) is 30.4 Å². The standard InChI is InChI=1S/C36H38N2O15/c1-16-31(44)19(37-23(41)8-10-51-11-9-38-24(42)6-7-25(38)43)12-26(52-16)53-21-14-36(49,22(40)15-39)13-18-28(21)35(48)30-29(33(18)46)32(45)17-4-3-5-20(50-2)27(17)34(30)47/h3-7,16,19,21,26,31,39,44,46,48-49H,8-15H2,1-2H3,(H,37,41)/t16-,19-,21-,26-,31+,36-/m0/s1. The number of nitrogens with zero attached hydrogens (tertiary/aromatic N) is 1. The van der Waals surface area contributed by atoms with Crippen LogP contribution < -0.4 is 10.1 Å². The molecule has 2 heterocycles. The van der Waals surface area contributed by atoms with E-state index in [1.807, 2.05) is 0 Å². The summed E-state index contributed by atoms with van der Waals surface area (Å²) >= 11 is 0. The Bertz CT molecular complexity index is 1910. The number of phenolic OH excluding ortho intramolecular Hbond substituents is 2. The lowest BCUT2D eigenvalue weighted by Crippen LogP contribution is -2.56. The van der Waals surface area contributed by atoms with Crippen LogP contribution in [0.1, 0.15) is 75.3 Å². The van der Waals surface area contributed by atoms with Crippen molar-refractivity contribution in [2.45, 2.75) is 68.9 Å². The number of nitrogens with one attached hydrogen (secondary N) is 1. The Hall–Kier alpha value is -5.04. The highest BCUT2D eigenvalue weighted by Gasteiger charge is 2.50. The average molecular weight is 739 g/mol. The normalized spacial score (nSPS) is 26.3. The monoisotopic (exact) mass is 738 g/mol. The Balaban J connectivity index is 1.23. The molecule has 0 unspecified atom stereocenters. The molecule has 6 N–H and O–H groups in total. The number of ketones is 3. The van der Waals surface area contributed by atoms with Crippen molar-refractivity contribution in [1.82, 2.24) is 10.2 Å². The number of aliphatic hydroxyl groups excluding tert-OH is 2. The minimum Gasteiger partial charge on any atom is -0.507 e. The maximum Gasteiger partial charge on any atom is 0.253 e. The fraction of sp³-hybridized carbons (Fsp3) is 0.444. The third-order valence-electron chi connectivity index (χ3n) is 9.94. The molecule has 2 aliphatic carbocycles. The first-order valence-electron chi connectivity index (χ1n) is 16.8. The lowest BCUT2D eigenvalue weighted by molar-refractivity contribution is -0.249. The van der Waals surface area contributed by atoms with Crippen LogP contribution in [0.2, 0.25) is 0 Å². The van der Waals surface area contributed by atoms with Crippen LogP contribution in [-0.2, 0) is 39.8 Å². The first-order valence-corrected chi connectivity index (χ1v) is 16.8. The first kappa shape index (κ1) is 37.7. The fourth-order valence-electron chi connectivity index (χ4n) is 7.21. The molecule has 0 spiro atoms. The summed E-state index contributed by atoms with van der Waals surface area (Å²) in [6, 6.07) is 3.33. The summed E-state index contributed by atoms with van der Waals surface area (Å²) in [5.74, 6) is -5.59. The number of carbonyl (C=O) groups is 6. The Labute approximate surface area is 301 Å². The zero-order chi connectivity index (χ0) is 38.4. The number of rotatable bonds is 12. The van der Waals surface area contributed by atoms with E-state index in [0.717, 1.165) is 17.1 Å². The molecular weight excluding hydrogens is 700 g/mol. The first-order chi connectivity index (χ1) is 25.2. The van der Waals surface area contributed by atoms with Gasteiger partial charge in [-0.15, -0.1) is 0 Å². The number of aromatic hydroxyl groups is 2. The van der Waals surface area contributed by atoms with Crippen molar-refractivity contribution in [3.63, 3.8) is 0 Å². The number of methoxy groups -OCH3 is 1. The van der Waals surface area contributed by atoms with E-state index in [2.05, 4.69) is 5.32 Å². The summed E-state index contributed by atoms with van der Waals surface area (Å²) in [6.07, 6.45) is -4.16. The Kier molecular flexibility index (Phi) is 10.5. The van der Waals surface area contributed by atoms with Gasteiger partial charge in [0.25, 0.3) is 11.8 Å². The van der Waals surface area contributed by atoms with Crippen molar-refractivity contribution in [2.24, 2.45) is 0 Å². The number of hydrogen-bond acceptors (Lipinski definition) is 15. The van der Waals surface area contributed by atoms with Crippen molar-refractivity contribution in [1.29, 1.82) is 0 Å². The van der Waals surface area contributed by atoms with E-state index < -0.39 is 113 Å². The molecule has 2 aliphatic heterocycles. The van der Waals surface area contributed by atoms with Gasteiger partial charge in [0.2, 0.25) is 11.7 Å². The van der Waals surface area contributed by atoms with Crippen molar-refractivity contribution < 1.29 is 73.2 Å². The second-order valence-corrected chi connectivity index (χ2v) is 13.2. The predicted molar refractivity (Wildman–Crippen MR) is 177 cm³/mol. The number of aliphatic hydroxyl groups is 3. The third kappa shape index (κ3) is 6.82. The Morgan fingerprint density at radius 2 is 1.72 bits per heavy atom. The maximum absolute atomic E-state index is 13.9. The molecule has 17 nitrogen and oxygen atoms in total. The third-order valence-corrected chi connectivity index (χ3v) is 9.94. The quantitative estimate of drug-likeness (QED) is 0.0777. The van der Waals surface area contributed by atoms with Gasteiger partial charge in [0.1, 0.15) is 35.6 Å². The summed E-state index contributed by atoms with van der Waals surface area (Å²) in [5.41, 5.74) is -4.14. The van der Waals surface area contributed by atoms with Crippen molar-refractivity contribution in [2.75, 3.05) is 33.5 Å². The minimum absolute atomic E-state index is 0.00129. The van der Waals surface area contributed by atoms with Crippen LogP contribution in [0.4, 0.5) is 0 Å². The highest BCUT2D eigenvalue weighted by molar-refractivity contribution is 6.31. The van der Waals surface area contributed by atoms with Gasteiger partial charge in [-0.2, -0.15) is 0 Å². The molecule has 0 saturated carbocycles. The number of phenols is 2. The fourth-order valence-corrected chi connectivity index (χ4v) is 7.21. The van der Waals surface area contributed by atoms with Gasteiger partial charge in [-0.1, -0.05) is 12.1 Å². The molecule has 0 bridgehead atoms. The number of ether oxygens (including phenoxy) is 4. The van der Waals surface area contributed by atoms with Gasteiger partial charge in [-0.05, 0) is 13.0 Å². The molecular formula is C36H38N2O15.